The van der Waals surface area contributed by atoms with Gasteiger partial charge >= 0.3 is 0 Å². The fraction of sp³-hybridized carbons (Fsp3) is 0.333. The van der Waals surface area contributed by atoms with Gasteiger partial charge in [-0.15, -0.1) is 0 Å². The van der Waals surface area contributed by atoms with E-state index in [2.05, 4.69) is 15.5 Å². The number of aromatic nitrogens is 2. The Morgan fingerprint density at radius 1 is 1.43 bits per heavy atom. The van der Waals surface area contributed by atoms with Gasteiger partial charge in [0, 0.05) is 11.4 Å². The molecule has 0 aliphatic rings. The van der Waals surface area contributed by atoms with E-state index in [0.29, 0.717) is 34.3 Å². The number of carbonyl (C=O) groups is 1. The second-order valence-corrected chi connectivity index (χ2v) is 5.16. The highest BCUT2D eigenvalue weighted by Crippen LogP contribution is 2.28. The lowest BCUT2D eigenvalue weighted by molar-refractivity contribution is 0.102. The van der Waals surface area contributed by atoms with E-state index >= 15 is 0 Å². The number of anilines is 1. The van der Waals surface area contributed by atoms with Crippen LogP contribution in [0.25, 0.3) is 0 Å². The van der Waals surface area contributed by atoms with Gasteiger partial charge in [-0.25, -0.2) is 0 Å². The number of rotatable bonds is 5. The van der Waals surface area contributed by atoms with Gasteiger partial charge in [-0.1, -0.05) is 18.5 Å². The molecule has 112 valence electrons. The SMILES string of the molecule is CCCOc1ccc(NC(=O)c2c(C)n[nH]c2C)cc1Cl. The van der Waals surface area contributed by atoms with Crippen LogP contribution in [0.4, 0.5) is 5.69 Å². The van der Waals surface area contributed by atoms with Crippen LogP contribution >= 0.6 is 11.6 Å². The number of benzene rings is 1. The molecule has 5 nitrogen and oxygen atoms in total. The summed E-state index contributed by atoms with van der Waals surface area (Å²) in [5.41, 5.74) is 2.57. The summed E-state index contributed by atoms with van der Waals surface area (Å²) >= 11 is 6.14. The molecule has 0 atom stereocenters. The van der Waals surface area contributed by atoms with Crippen LogP contribution in [-0.2, 0) is 0 Å². The van der Waals surface area contributed by atoms with Crippen molar-refractivity contribution in [2.24, 2.45) is 0 Å². The van der Waals surface area contributed by atoms with Crippen LogP contribution in [0, 0.1) is 13.8 Å². The lowest BCUT2D eigenvalue weighted by atomic mass is 10.2. The van der Waals surface area contributed by atoms with Gasteiger partial charge in [0.1, 0.15) is 5.75 Å². The van der Waals surface area contributed by atoms with E-state index in [-0.39, 0.29) is 5.91 Å². The number of H-pyrrole nitrogens is 1. The molecule has 1 aromatic carbocycles. The third-order valence-electron chi connectivity index (χ3n) is 3.01. The highest BCUT2D eigenvalue weighted by molar-refractivity contribution is 6.32. The van der Waals surface area contributed by atoms with Crippen molar-refractivity contribution < 1.29 is 9.53 Å². The Labute approximate surface area is 128 Å². The van der Waals surface area contributed by atoms with E-state index in [1.807, 2.05) is 13.8 Å². The summed E-state index contributed by atoms with van der Waals surface area (Å²) in [5.74, 6) is 0.407. The molecule has 0 aliphatic carbocycles. The number of ether oxygens (including phenoxy) is 1. The molecular weight excluding hydrogens is 290 g/mol. The zero-order valence-corrected chi connectivity index (χ0v) is 13.0. The Balaban J connectivity index is 2.13. The van der Waals surface area contributed by atoms with Crippen LogP contribution in [-0.4, -0.2) is 22.7 Å². The van der Waals surface area contributed by atoms with Gasteiger partial charge in [-0.05, 0) is 38.5 Å². The normalized spacial score (nSPS) is 10.5. The van der Waals surface area contributed by atoms with Crippen LogP contribution in [0.15, 0.2) is 18.2 Å². The topological polar surface area (TPSA) is 67.0 Å². The predicted octanol–water partition coefficient (Wildman–Crippen LogP) is 3.72. The minimum absolute atomic E-state index is 0.211. The van der Waals surface area contributed by atoms with Gasteiger partial charge in [0.15, 0.2) is 0 Å². The molecule has 2 rings (SSSR count). The monoisotopic (exact) mass is 307 g/mol. The molecule has 0 spiro atoms. The minimum atomic E-state index is -0.211. The van der Waals surface area contributed by atoms with E-state index in [1.54, 1.807) is 25.1 Å². The summed E-state index contributed by atoms with van der Waals surface area (Å²) in [5, 5.41) is 10.1. The molecule has 1 heterocycles. The molecule has 0 fully saturated rings. The number of amides is 1. The molecule has 0 aliphatic heterocycles. The summed E-state index contributed by atoms with van der Waals surface area (Å²) in [6, 6.07) is 5.19. The van der Waals surface area contributed by atoms with Crippen LogP contribution in [0.1, 0.15) is 35.1 Å². The van der Waals surface area contributed by atoms with Crippen molar-refractivity contribution in [1.29, 1.82) is 0 Å². The molecule has 6 heteroatoms. The van der Waals surface area contributed by atoms with Crippen molar-refractivity contribution in [2.45, 2.75) is 27.2 Å². The van der Waals surface area contributed by atoms with Crippen molar-refractivity contribution in [3.63, 3.8) is 0 Å². The number of nitrogens with zero attached hydrogens (tertiary/aromatic N) is 1. The first kappa shape index (κ1) is 15.4. The Bertz CT molecular complexity index is 633. The minimum Gasteiger partial charge on any atom is -0.492 e. The summed E-state index contributed by atoms with van der Waals surface area (Å²) in [6.45, 7) is 6.23. The molecule has 0 radical (unpaired) electrons. The number of hydrogen-bond donors (Lipinski definition) is 2. The van der Waals surface area contributed by atoms with Gasteiger partial charge in [0.25, 0.3) is 5.91 Å². The van der Waals surface area contributed by atoms with Crippen LogP contribution in [0.5, 0.6) is 5.75 Å². The van der Waals surface area contributed by atoms with Gasteiger partial charge in [0.2, 0.25) is 0 Å². The quantitative estimate of drug-likeness (QED) is 0.884. The van der Waals surface area contributed by atoms with Crippen molar-refractivity contribution in [3.8, 4) is 5.75 Å². The van der Waals surface area contributed by atoms with Crippen LogP contribution in [0.3, 0.4) is 0 Å². The molecule has 1 aromatic heterocycles. The number of halogens is 1. The lowest BCUT2D eigenvalue weighted by Crippen LogP contribution is -2.13. The summed E-state index contributed by atoms with van der Waals surface area (Å²) < 4.78 is 5.50. The number of carbonyl (C=O) groups excluding carboxylic acids is 1. The van der Waals surface area contributed by atoms with Gasteiger partial charge in [-0.2, -0.15) is 5.10 Å². The zero-order chi connectivity index (χ0) is 15.4. The van der Waals surface area contributed by atoms with Gasteiger partial charge in [0.05, 0.1) is 22.9 Å². The standard InChI is InChI=1S/C15H18ClN3O2/c1-4-7-21-13-6-5-11(8-12(13)16)17-15(20)14-9(2)18-19-10(14)3/h5-6,8H,4,7H2,1-3H3,(H,17,20)(H,18,19). The maximum atomic E-state index is 12.2. The molecule has 2 N–H and O–H groups in total. The number of nitrogens with one attached hydrogen (secondary N) is 2. The second kappa shape index (κ2) is 6.63. The lowest BCUT2D eigenvalue weighted by Gasteiger charge is -2.10. The summed E-state index contributed by atoms with van der Waals surface area (Å²) in [7, 11) is 0. The van der Waals surface area contributed by atoms with Gasteiger partial charge < -0.3 is 10.1 Å². The first-order valence-electron chi connectivity index (χ1n) is 6.78. The number of aromatic amines is 1. The maximum Gasteiger partial charge on any atom is 0.259 e. The van der Waals surface area contributed by atoms with E-state index in [9.17, 15) is 4.79 Å². The Hall–Kier alpha value is -2.01. The molecule has 0 unspecified atom stereocenters. The van der Waals surface area contributed by atoms with Crippen molar-refractivity contribution >= 4 is 23.2 Å². The first-order chi connectivity index (χ1) is 10.0. The molecule has 0 saturated heterocycles. The highest BCUT2D eigenvalue weighted by atomic mass is 35.5. The van der Waals surface area contributed by atoms with E-state index < -0.39 is 0 Å². The number of hydrogen-bond acceptors (Lipinski definition) is 3. The molecule has 0 bridgehead atoms. The average molecular weight is 308 g/mol. The zero-order valence-electron chi connectivity index (χ0n) is 12.3. The third kappa shape index (κ3) is 3.55. The summed E-state index contributed by atoms with van der Waals surface area (Å²) in [4.78, 5) is 12.2. The van der Waals surface area contributed by atoms with E-state index in [0.717, 1.165) is 12.1 Å². The average Bonchev–Trinajstić information content (AvgIpc) is 2.77. The number of aryl methyl sites for hydroxylation is 2. The van der Waals surface area contributed by atoms with E-state index in [4.69, 9.17) is 16.3 Å². The predicted molar refractivity (Wildman–Crippen MR) is 83.3 cm³/mol. The molecule has 1 amide bonds. The smallest absolute Gasteiger partial charge is 0.259 e. The fourth-order valence-electron chi connectivity index (χ4n) is 1.99. The molecule has 2 aromatic rings. The fourth-order valence-corrected chi connectivity index (χ4v) is 2.22. The van der Waals surface area contributed by atoms with Gasteiger partial charge in [-0.3, -0.25) is 9.89 Å². The summed E-state index contributed by atoms with van der Waals surface area (Å²) in [6.07, 6.45) is 0.911. The Kier molecular flexibility index (Phi) is 4.85. The Morgan fingerprint density at radius 3 is 2.76 bits per heavy atom. The third-order valence-corrected chi connectivity index (χ3v) is 3.30. The highest BCUT2D eigenvalue weighted by Gasteiger charge is 2.15. The van der Waals surface area contributed by atoms with Crippen molar-refractivity contribution in [3.05, 3.63) is 40.2 Å². The molecule has 21 heavy (non-hydrogen) atoms. The second-order valence-electron chi connectivity index (χ2n) is 4.76. The first-order valence-corrected chi connectivity index (χ1v) is 7.16. The van der Waals surface area contributed by atoms with Crippen LogP contribution in [0.2, 0.25) is 5.02 Å². The molecule has 0 saturated carbocycles. The van der Waals surface area contributed by atoms with E-state index in [1.165, 1.54) is 0 Å². The van der Waals surface area contributed by atoms with Crippen LogP contribution < -0.4 is 10.1 Å². The molecular formula is C15H18ClN3O2. The van der Waals surface area contributed by atoms with Crippen molar-refractivity contribution in [2.75, 3.05) is 11.9 Å². The van der Waals surface area contributed by atoms with Crippen molar-refractivity contribution in [1.82, 2.24) is 10.2 Å². The Morgan fingerprint density at radius 2 is 2.19 bits per heavy atom. The largest absolute Gasteiger partial charge is 0.492 e. The maximum absolute atomic E-state index is 12.2.